The molecule has 6 rings (SSSR count). The van der Waals surface area contributed by atoms with E-state index in [1.165, 1.54) is 0 Å². The number of rotatable bonds is 4. The minimum absolute atomic E-state index is 0.0252. The number of fused-ring (bicyclic) bond motifs is 1. The second kappa shape index (κ2) is 5.80. The molecule has 2 unspecified atom stereocenters. The van der Waals surface area contributed by atoms with Crippen molar-refractivity contribution in [1.82, 2.24) is 4.98 Å². The second-order valence-corrected chi connectivity index (χ2v) is 11.2. The number of nitrogens with one attached hydrogen (secondary N) is 1. The normalized spacial score (nSPS) is 38.9. The molecule has 5 aliphatic rings. The molecular weight excluding hydrogens is 386 g/mol. The van der Waals surface area contributed by atoms with Crippen LogP contribution in [0, 0.1) is 5.92 Å². The van der Waals surface area contributed by atoms with E-state index in [9.17, 15) is 8.42 Å². The van der Waals surface area contributed by atoms with E-state index >= 15 is 8.78 Å². The predicted octanol–water partition coefficient (Wildman–Crippen LogP) is 3.86. The molecule has 4 bridgehead atoms. The molecule has 1 aromatic heterocycles. The quantitative estimate of drug-likeness (QED) is 0.761. The third kappa shape index (κ3) is 3.17. The predicted molar refractivity (Wildman–Crippen MR) is 102 cm³/mol. The Morgan fingerprint density at radius 2 is 1.71 bits per heavy atom. The van der Waals surface area contributed by atoms with Gasteiger partial charge >= 0.3 is 10.1 Å². The van der Waals surface area contributed by atoms with Gasteiger partial charge in [0.2, 0.25) is 5.88 Å². The van der Waals surface area contributed by atoms with Crippen molar-refractivity contribution in [3.8, 4) is 5.88 Å². The molecule has 5 aliphatic carbocycles. The Kier molecular flexibility index (Phi) is 3.85. The lowest BCUT2D eigenvalue weighted by Gasteiger charge is -2.61. The number of halogens is 2. The number of aromatic nitrogens is 1. The lowest BCUT2D eigenvalue weighted by Crippen LogP contribution is -2.65. The van der Waals surface area contributed by atoms with E-state index in [-0.39, 0.29) is 18.2 Å². The molecule has 0 radical (unpaired) electrons. The number of alkyl halides is 2. The lowest BCUT2D eigenvalue weighted by atomic mass is 9.50. The minimum Gasteiger partial charge on any atom is -0.378 e. The van der Waals surface area contributed by atoms with Gasteiger partial charge in [-0.2, -0.15) is 8.42 Å². The summed E-state index contributed by atoms with van der Waals surface area (Å²) in [5, 5.41) is 3.51. The van der Waals surface area contributed by atoms with Crippen LogP contribution in [0.5, 0.6) is 5.88 Å². The summed E-state index contributed by atoms with van der Waals surface area (Å²) in [7, 11) is -3.67. The summed E-state index contributed by atoms with van der Waals surface area (Å²) in [5.41, 5.74) is -0.866. The second-order valence-electron chi connectivity index (χ2n) is 9.64. The van der Waals surface area contributed by atoms with E-state index in [2.05, 4.69) is 10.3 Å². The van der Waals surface area contributed by atoms with Gasteiger partial charge < -0.3 is 9.50 Å². The Bertz CT molecular complexity index is 918. The zero-order valence-corrected chi connectivity index (χ0v) is 16.9. The van der Waals surface area contributed by atoms with Gasteiger partial charge in [-0.05, 0) is 56.4 Å². The number of hydrogen-bond donors (Lipinski definition) is 1. The Morgan fingerprint density at radius 3 is 2.32 bits per heavy atom. The van der Waals surface area contributed by atoms with Gasteiger partial charge in [-0.3, -0.25) is 0 Å². The van der Waals surface area contributed by atoms with Crippen LogP contribution in [0.2, 0.25) is 0 Å². The third-order valence-corrected chi connectivity index (χ3v) is 7.39. The van der Waals surface area contributed by atoms with Gasteiger partial charge in [-0.15, -0.1) is 0 Å². The highest BCUT2D eigenvalue weighted by molar-refractivity contribution is 7.86. The average molecular weight is 413 g/mol. The Labute approximate surface area is 164 Å². The number of hydrogen-bond acceptors (Lipinski definition) is 5. The summed E-state index contributed by atoms with van der Waals surface area (Å²) >= 11 is 0. The number of nitrogens with zero attached hydrogens (tertiary/aromatic N) is 1. The topological polar surface area (TPSA) is 68.3 Å². The van der Waals surface area contributed by atoms with Crippen LogP contribution in [-0.2, 0) is 23.0 Å². The summed E-state index contributed by atoms with van der Waals surface area (Å²) in [6.07, 6.45) is 8.40. The first-order valence-electron chi connectivity index (χ1n) is 10.1. The molecule has 1 aromatic rings. The van der Waals surface area contributed by atoms with E-state index in [0.717, 1.165) is 48.8 Å². The van der Waals surface area contributed by atoms with E-state index < -0.39 is 27.0 Å². The van der Waals surface area contributed by atoms with E-state index in [4.69, 9.17) is 4.18 Å². The van der Waals surface area contributed by atoms with Gasteiger partial charge in [0.1, 0.15) is 11.3 Å². The van der Waals surface area contributed by atoms with Crippen molar-refractivity contribution in [2.75, 3.05) is 11.6 Å². The summed E-state index contributed by atoms with van der Waals surface area (Å²) in [5.74, 6) is 0.215. The largest absolute Gasteiger partial charge is 0.378 e. The SMILES string of the molecule is CS(=O)(=O)Oc1ncc(NC23CC4CC(F)(CC(F)(C4)C2)C3)c2c1CCCC2. The van der Waals surface area contributed by atoms with Gasteiger partial charge in [-0.25, -0.2) is 13.8 Å². The molecule has 154 valence electrons. The molecular formula is C20H26F2N2O3S. The maximum absolute atomic E-state index is 15.3. The molecule has 0 aliphatic heterocycles. The van der Waals surface area contributed by atoms with E-state index in [1.807, 2.05) is 0 Å². The Balaban J connectivity index is 1.51. The van der Waals surface area contributed by atoms with Crippen LogP contribution in [0.4, 0.5) is 14.5 Å². The summed E-state index contributed by atoms with van der Waals surface area (Å²) in [6, 6.07) is 0. The van der Waals surface area contributed by atoms with Crippen molar-refractivity contribution < 1.29 is 21.4 Å². The first-order valence-corrected chi connectivity index (χ1v) is 11.9. The number of anilines is 1. The molecule has 8 heteroatoms. The van der Waals surface area contributed by atoms with Gasteiger partial charge in [0.25, 0.3) is 0 Å². The molecule has 2 atom stereocenters. The lowest BCUT2D eigenvalue weighted by molar-refractivity contribution is -0.137. The molecule has 28 heavy (non-hydrogen) atoms. The van der Waals surface area contributed by atoms with Gasteiger partial charge in [-0.1, -0.05) is 0 Å². The first-order chi connectivity index (χ1) is 13.1. The van der Waals surface area contributed by atoms with Crippen molar-refractivity contribution in [3.05, 3.63) is 17.3 Å². The molecule has 4 fully saturated rings. The summed E-state index contributed by atoms with van der Waals surface area (Å²) in [6.45, 7) is 0. The third-order valence-electron chi connectivity index (χ3n) is 6.92. The fourth-order valence-corrected chi connectivity index (χ4v) is 7.10. The molecule has 4 saturated carbocycles. The maximum Gasteiger partial charge on any atom is 0.307 e. The fourth-order valence-electron chi connectivity index (χ4n) is 6.67. The van der Waals surface area contributed by atoms with Crippen LogP contribution < -0.4 is 9.50 Å². The first kappa shape index (κ1) is 18.6. The van der Waals surface area contributed by atoms with E-state index in [0.29, 0.717) is 32.1 Å². The van der Waals surface area contributed by atoms with Crippen LogP contribution >= 0.6 is 0 Å². The smallest absolute Gasteiger partial charge is 0.307 e. The molecule has 1 N–H and O–H groups in total. The van der Waals surface area contributed by atoms with Crippen molar-refractivity contribution in [3.63, 3.8) is 0 Å². The van der Waals surface area contributed by atoms with Crippen LogP contribution in [0.15, 0.2) is 6.20 Å². The summed E-state index contributed by atoms with van der Waals surface area (Å²) in [4.78, 5) is 4.26. The van der Waals surface area contributed by atoms with Crippen molar-refractivity contribution in [1.29, 1.82) is 0 Å². The minimum atomic E-state index is -3.67. The zero-order valence-electron chi connectivity index (χ0n) is 16.1. The average Bonchev–Trinajstić information content (AvgIpc) is 2.52. The molecule has 0 spiro atoms. The highest BCUT2D eigenvalue weighted by atomic mass is 32.2. The molecule has 0 saturated heterocycles. The monoisotopic (exact) mass is 412 g/mol. The number of pyridine rings is 1. The molecule has 1 heterocycles. The summed E-state index contributed by atoms with van der Waals surface area (Å²) < 4.78 is 58.8. The van der Waals surface area contributed by atoms with Gasteiger partial charge in [0.05, 0.1) is 18.1 Å². The standard InChI is InChI=1S/C20H26F2N2O3S/c1-28(25,26)27-17-15-5-3-2-4-14(15)16(9-23-17)24-20-8-13-6-18(21,11-20)10-19(22,7-13)12-20/h9,13,24H,2-8,10-12H2,1H3. The van der Waals surface area contributed by atoms with Gasteiger partial charge in [0.15, 0.2) is 0 Å². The molecule has 0 amide bonds. The van der Waals surface area contributed by atoms with Crippen LogP contribution in [0.25, 0.3) is 0 Å². The van der Waals surface area contributed by atoms with Gasteiger partial charge in [0, 0.05) is 30.4 Å². The molecule has 0 aromatic carbocycles. The van der Waals surface area contributed by atoms with Crippen molar-refractivity contribution in [2.45, 2.75) is 81.1 Å². The highest BCUT2D eigenvalue weighted by Crippen LogP contribution is 2.63. The van der Waals surface area contributed by atoms with Crippen LogP contribution in [0.1, 0.15) is 62.5 Å². The van der Waals surface area contributed by atoms with Crippen molar-refractivity contribution >= 4 is 15.8 Å². The highest BCUT2D eigenvalue weighted by Gasteiger charge is 2.64. The molecule has 5 nitrogen and oxygen atoms in total. The fraction of sp³-hybridized carbons (Fsp3) is 0.750. The maximum atomic E-state index is 15.3. The zero-order chi connectivity index (χ0) is 19.8. The van der Waals surface area contributed by atoms with Crippen LogP contribution in [0.3, 0.4) is 0 Å². The Morgan fingerprint density at radius 1 is 1.07 bits per heavy atom. The Hall–Kier alpha value is -1.44. The van der Waals surface area contributed by atoms with Crippen LogP contribution in [-0.4, -0.2) is 36.5 Å². The van der Waals surface area contributed by atoms with E-state index in [1.54, 1.807) is 6.20 Å². The van der Waals surface area contributed by atoms with Crippen molar-refractivity contribution in [2.24, 2.45) is 5.92 Å².